The fourth-order valence-corrected chi connectivity index (χ4v) is 3.19. The molecule has 1 unspecified atom stereocenters. The molecule has 0 bridgehead atoms. The van der Waals surface area contributed by atoms with Crippen molar-refractivity contribution in [2.75, 3.05) is 6.61 Å². The minimum atomic E-state index is 0.108. The maximum absolute atomic E-state index is 6.04. The van der Waals surface area contributed by atoms with E-state index in [9.17, 15) is 0 Å². The number of fused-ring (bicyclic) bond motifs is 1. The summed E-state index contributed by atoms with van der Waals surface area (Å²) in [6.07, 6.45) is 1.03. The lowest BCUT2D eigenvalue weighted by Gasteiger charge is -2.16. The van der Waals surface area contributed by atoms with Gasteiger partial charge in [0.2, 0.25) is 0 Å². The topological polar surface area (TPSA) is 18.5 Å². The second-order valence-corrected chi connectivity index (χ2v) is 6.12. The molecule has 1 atom stereocenters. The van der Waals surface area contributed by atoms with Crippen molar-refractivity contribution in [3.63, 3.8) is 0 Å². The Labute approximate surface area is 134 Å². The Morgan fingerprint density at radius 3 is 2.57 bits per heavy atom. The molecule has 3 heteroatoms. The minimum absolute atomic E-state index is 0.108. The molecule has 110 valence electrons. The van der Waals surface area contributed by atoms with Crippen molar-refractivity contribution in [3.8, 4) is 11.5 Å². The summed E-state index contributed by atoms with van der Waals surface area (Å²) in [6, 6.07) is 12.5. The first-order chi connectivity index (χ1) is 10.2. The van der Waals surface area contributed by atoms with Crippen molar-refractivity contribution >= 4 is 15.9 Å². The van der Waals surface area contributed by atoms with Crippen molar-refractivity contribution in [2.45, 2.75) is 31.7 Å². The maximum Gasteiger partial charge on any atom is 0.137 e. The molecular weight excluding hydrogens is 328 g/mol. The summed E-state index contributed by atoms with van der Waals surface area (Å²) in [5.41, 5.74) is 4.91. The van der Waals surface area contributed by atoms with Gasteiger partial charge in [-0.25, -0.2) is 0 Å². The lowest BCUT2D eigenvalue weighted by atomic mass is 10.1. The quantitative estimate of drug-likeness (QED) is 0.754. The highest BCUT2D eigenvalue weighted by Gasteiger charge is 2.23. The SMILES string of the molecule is Cc1cc(CBr)cc(C)c1OCC1Cc2ccccc2O1. The number of halogens is 1. The number of benzene rings is 2. The molecule has 21 heavy (non-hydrogen) atoms. The number of ether oxygens (including phenoxy) is 2. The Morgan fingerprint density at radius 1 is 1.19 bits per heavy atom. The first-order valence-electron chi connectivity index (χ1n) is 7.21. The van der Waals surface area contributed by atoms with Gasteiger partial charge in [0.1, 0.15) is 24.2 Å². The number of rotatable bonds is 4. The molecular formula is C18H19BrO2. The van der Waals surface area contributed by atoms with E-state index in [1.54, 1.807) is 0 Å². The predicted molar refractivity (Wildman–Crippen MR) is 88.6 cm³/mol. The van der Waals surface area contributed by atoms with E-state index in [0.717, 1.165) is 23.2 Å². The van der Waals surface area contributed by atoms with Gasteiger partial charge in [-0.05, 0) is 42.2 Å². The fraction of sp³-hybridized carbons (Fsp3) is 0.333. The molecule has 0 aromatic heterocycles. The summed E-state index contributed by atoms with van der Waals surface area (Å²) in [7, 11) is 0. The molecule has 1 heterocycles. The third-order valence-corrected chi connectivity index (χ3v) is 4.45. The van der Waals surface area contributed by atoms with Crippen LogP contribution in [-0.2, 0) is 11.8 Å². The van der Waals surface area contributed by atoms with E-state index in [1.165, 1.54) is 22.3 Å². The maximum atomic E-state index is 6.04. The van der Waals surface area contributed by atoms with Gasteiger partial charge in [0.25, 0.3) is 0 Å². The summed E-state index contributed by atoms with van der Waals surface area (Å²) in [4.78, 5) is 0. The Kier molecular flexibility index (Phi) is 4.20. The van der Waals surface area contributed by atoms with Gasteiger partial charge in [0, 0.05) is 11.8 Å². The minimum Gasteiger partial charge on any atom is -0.489 e. The largest absolute Gasteiger partial charge is 0.489 e. The Morgan fingerprint density at radius 2 is 1.90 bits per heavy atom. The number of aryl methyl sites for hydroxylation is 2. The monoisotopic (exact) mass is 346 g/mol. The van der Waals surface area contributed by atoms with Crippen LogP contribution in [0.25, 0.3) is 0 Å². The van der Waals surface area contributed by atoms with Gasteiger partial charge in [-0.15, -0.1) is 0 Å². The average Bonchev–Trinajstić information content (AvgIpc) is 2.88. The van der Waals surface area contributed by atoms with E-state index in [4.69, 9.17) is 9.47 Å². The normalized spacial score (nSPS) is 16.4. The van der Waals surface area contributed by atoms with Crippen molar-refractivity contribution in [3.05, 3.63) is 58.7 Å². The van der Waals surface area contributed by atoms with E-state index in [2.05, 4.69) is 54.0 Å². The molecule has 0 saturated heterocycles. The molecule has 2 nitrogen and oxygen atoms in total. The zero-order chi connectivity index (χ0) is 14.8. The molecule has 1 aliphatic heterocycles. The van der Waals surface area contributed by atoms with Gasteiger partial charge in [-0.1, -0.05) is 46.3 Å². The van der Waals surface area contributed by atoms with Crippen LogP contribution in [0.4, 0.5) is 0 Å². The fourth-order valence-electron chi connectivity index (χ4n) is 2.87. The Bertz CT molecular complexity index is 603. The first-order valence-corrected chi connectivity index (χ1v) is 8.33. The van der Waals surface area contributed by atoms with E-state index in [1.807, 2.05) is 12.1 Å². The smallest absolute Gasteiger partial charge is 0.137 e. The van der Waals surface area contributed by atoms with Crippen LogP contribution in [0, 0.1) is 13.8 Å². The third kappa shape index (κ3) is 3.08. The van der Waals surface area contributed by atoms with Gasteiger partial charge in [-0.2, -0.15) is 0 Å². The molecule has 0 aliphatic carbocycles. The van der Waals surface area contributed by atoms with Crippen LogP contribution in [0.1, 0.15) is 22.3 Å². The lowest BCUT2D eigenvalue weighted by molar-refractivity contribution is 0.147. The summed E-state index contributed by atoms with van der Waals surface area (Å²) in [6.45, 7) is 4.78. The second kappa shape index (κ2) is 6.10. The van der Waals surface area contributed by atoms with E-state index in [-0.39, 0.29) is 6.10 Å². The van der Waals surface area contributed by atoms with Gasteiger partial charge < -0.3 is 9.47 Å². The number of alkyl halides is 1. The van der Waals surface area contributed by atoms with Crippen molar-refractivity contribution in [2.24, 2.45) is 0 Å². The lowest BCUT2D eigenvalue weighted by Crippen LogP contribution is -2.22. The summed E-state index contributed by atoms with van der Waals surface area (Å²) in [5.74, 6) is 1.98. The molecule has 0 radical (unpaired) electrons. The highest BCUT2D eigenvalue weighted by atomic mass is 79.9. The van der Waals surface area contributed by atoms with Crippen LogP contribution in [0.3, 0.4) is 0 Å². The van der Waals surface area contributed by atoms with Gasteiger partial charge in [0.15, 0.2) is 0 Å². The highest BCUT2D eigenvalue weighted by Crippen LogP contribution is 2.30. The van der Waals surface area contributed by atoms with Crippen LogP contribution in [0.2, 0.25) is 0 Å². The van der Waals surface area contributed by atoms with Crippen LogP contribution in [0.5, 0.6) is 11.5 Å². The first kappa shape index (κ1) is 14.5. The van der Waals surface area contributed by atoms with Crippen molar-refractivity contribution in [1.82, 2.24) is 0 Å². The highest BCUT2D eigenvalue weighted by molar-refractivity contribution is 9.08. The van der Waals surface area contributed by atoms with Crippen LogP contribution >= 0.6 is 15.9 Å². The van der Waals surface area contributed by atoms with Crippen molar-refractivity contribution < 1.29 is 9.47 Å². The number of hydrogen-bond donors (Lipinski definition) is 0. The molecule has 0 N–H and O–H groups in total. The van der Waals surface area contributed by atoms with Crippen LogP contribution in [0.15, 0.2) is 36.4 Å². The Balaban J connectivity index is 1.67. The zero-order valence-corrected chi connectivity index (χ0v) is 13.9. The molecule has 2 aromatic carbocycles. The Hall–Kier alpha value is -1.48. The van der Waals surface area contributed by atoms with E-state index >= 15 is 0 Å². The van der Waals surface area contributed by atoms with Gasteiger partial charge in [-0.3, -0.25) is 0 Å². The van der Waals surface area contributed by atoms with Crippen LogP contribution in [-0.4, -0.2) is 12.7 Å². The third-order valence-electron chi connectivity index (χ3n) is 3.80. The zero-order valence-electron chi connectivity index (χ0n) is 12.4. The van der Waals surface area contributed by atoms with E-state index < -0.39 is 0 Å². The molecule has 1 aliphatic rings. The summed E-state index contributed by atoms with van der Waals surface area (Å²) in [5, 5.41) is 0.871. The van der Waals surface area contributed by atoms with Crippen molar-refractivity contribution in [1.29, 1.82) is 0 Å². The molecule has 3 rings (SSSR count). The number of para-hydroxylation sites is 1. The molecule has 2 aromatic rings. The van der Waals surface area contributed by atoms with Gasteiger partial charge in [0.05, 0.1) is 0 Å². The molecule has 0 amide bonds. The van der Waals surface area contributed by atoms with Gasteiger partial charge >= 0.3 is 0 Å². The second-order valence-electron chi connectivity index (χ2n) is 5.56. The average molecular weight is 347 g/mol. The molecule has 0 saturated carbocycles. The number of hydrogen-bond acceptors (Lipinski definition) is 2. The predicted octanol–water partition coefficient (Wildman–Crippen LogP) is 4.58. The van der Waals surface area contributed by atoms with E-state index in [0.29, 0.717) is 6.61 Å². The standard InChI is InChI=1S/C18H19BrO2/c1-12-7-14(10-19)8-13(2)18(12)20-11-16-9-15-5-3-4-6-17(15)21-16/h3-8,16H,9-11H2,1-2H3. The summed E-state index contributed by atoms with van der Waals surface area (Å²) < 4.78 is 12.0. The summed E-state index contributed by atoms with van der Waals surface area (Å²) >= 11 is 3.50. The molecule has 0 fully saturated rings. The molecule has 0 spiro atoms. The van der Waals surface area contributed by atoms with Crippen LogP contribution < -0.4 is 9.47 Å².